The number of amides is 1. The van der Waals surface area contributed by atoms with Gasteiger partial charge in [-0.15, -0.1) is 0 Å². The maximum atomic E-state index is 13.0. The molecule has 1 aromatic carbocycles. The molecule has 140 valence electrons. The van der Waals surface area contributed by atoms with Crippen LogP contribution in [0.15, 0.2) is 67.3 Å². The van der Waals surface area contributed by atoms with Gasteiger partial charge in [-0.3, -0.25) is 9.20 Å². The minimum Gasteiger partial charge on any atom is -0.337 e. The Morgan fingerprint density at radius 3 is 2.61 bits per heavy atom. The van der Waals surface area contributed by atoms with E-state index in [-0.39, 0.29) is 5.91 Å². The van der Waals surface area contributed by atoms with Crippen molar-refractivity contribution < 1.29 is 4.79 Å². The molecule has 5 rings (SSSR count). The predicted molar refractivity (Wildman–Crippen MR) is 107 cm³/mol. The molecule has 1 saturated heterocycles. The van der Waals surface area contributed by atoms with E-state index in [0.717, 1.165) is 43.7 Å². The minimum absolute atomic E-state index is 0.0103. The number of hydrogen-bond acceptors (Lipinski definition) is 3. The zero-order valence-electron chi connectivity index (χ0n) is 15.5. The number of fused-ring (bicyclic) bond motifs is 1. The molecule has 0 radical (unpaired) electrons. The van der Waals surface area contributed by atoms with E-state index in [1.165, 1.54) is 5.56 Å². The summed E-state index contributed by atoms with van der Waals surface area (Å²) < 4.78 is 4.00. The molecule has 1 aliphatic rings. The summed E-state index contributed by atoms with van der Waals surface area (Å²) in [5.41, 5.74) is 3.31. The Morgan fingerprint density at radius 2 is 1.79 bits per heavy atom. The Morgan fingerprint density at radius 1 is 1.00 bits per heavy atom. The van der Waals surface area contributed by atoms with E-state index in [4.69, 9.17) is 4.98 Å². The molecule has 1 fully saturated rings. The zero-order valence-corrected chi connectivity index (χ0v) is 15.5. The number of hydrogen-bond donors (Lipinski definition) is 0. The summed E-state index contributed by atoms with van der Waals surface area (Å²) in [4.78, 5) is 24.2. The van der Waals surface area contributed by atoms with Crippen molar-refractivity contribution in [2.75, 3.05) is 13.1 Å². The first-order valence-corrected chi connectivity index (χ1v) is 9.62. The number of carbonyl (C=O) groups excluding carboxylic acids is 1. The third kappa shape index (κ3) is 2.97. The van der Waals surface area contributed by atoms with E-state index in [2.05, 4.69) is 17.1 Å². The van der Waals surface area contributed by atoms with Crippen molar-refractivity contribution in [2.45, 2.75) is 19.4 Å². The number of likely N-dealkylation sites (tertiary alicyclic amines) is 1. The largest absolute Gasteiger partial charge is 0.337 e. The number of rotatable bonds is 4. The lowest BCUT2D eigenvalue weighted by Crippen LogP contribution is -2.28. The normalized spacial score (nSPS) is 14.1. The lowest BCUT2D eigenvalue weighted by Gasteiger charge is -2.13. The van der Waals surface area contributed by atoms with Crippen LogP contribution in [0.1, 0.15) is 28.9 Å². The van der Waals surface area contributed by atoms with Crippen LogP contribution in [-0.2, 0) is 6.54 Å². The second-order valence-electron chi connectivity index (χ2n) is 7.16. The molecule has 0 N–H and O–H groups in total. The maximum Gasteiger partial charge on any atom is 0.274 e. The van der Waals surface area contributed by atoms with Crippen LogP contribution in [0, 0.1) is 0 Å². The summed E-state index contributed by atoms with van der Waals surface area (Å²) in [7, 11) is 0. The van der Waals surface area contributed by atoms with Crippen LogP contribution in [0.5, 0.6) is 0 Å². The number of pyridine rings is 1. The van der Waals surface area contributed by atoms with Gasteiger partial charge >= 0.3 is 0 Å². The highest BCUT2D eigenvalue weighted by Gasteiger charge is 2.25. The fraction of sp³-hybridized carbons (Fsp3) is 0.227. The van der Waals surface area contributed by atoms with Crippen molar-refractivity contribution in [3.63, 3.8) is 0 Å². The number of aromatic nitrogens is 4. The lowest BCUT2D eigenvalue weighted by atomic mass is 10.2. The highest BCUT2D eigenvalue weighted by Crippen LogP contribution is 2.24. The Hall–Kier alpha value is -3.41. The van der Waals surface area contributed by atoms with Gasteiger partial charge in [0.1, 0.15) is 5.69 Å². The first-order valence-electron chi connectivity index (χ1n) is 9.62. The third-order valence-electron chi connectivity index (χ3n) is 5.21. The number of nitrogens with zero attached hydrogens (tertiary/aromatic N) is 5. The van der Waals surface area contributed by atoms with Gasteiger partial charge < -0.3 is 9.47 Å². The Balaban J connectivity index is 1.52. The van der Waals surface area contributed by atoms with Gasteiger partial charge in [0.25, 0.3) is 5.91 Å². The van der Waals surface area contributed by atoms with E-state index < -0.39 is 0 Å². The number of carbonyl (C=O) groups is 1. The standard InChI is InChI=1S/C22H21N5O/c28-22(26-11-6-7-12-26)20-19-10-4-5-13-27(19)21(24-20)18-15-25(16-23-18)14-17-8-2-1-3-9-17/h1-5,8-10,13,15-16H,6-7,11-12,14H2. The summed E-state index contributed by atoms with van der Waals surface area (Å²) in [6, 6.07) is 16.1. The van der Waals surface area contributed by atoms with Crippen LogP contribution >= 0.6 is 0 Å². The molecule has 4 heterocycles. The Bertz CT molecular complexity index is 1120. The van der Waals surface area contributed by atoms with E-state index in [9.17, 15) is 4.79 Å². The Labute approximate surface area is 163 Å². The van der Waals surface area contributed by atoms with Gasteiger partial charge in [0.05, 0.1) is 11.8 Å². The monoisotopic (exact) mass is 371 g/mol. The second-order valence-corrected chi connectivity index (χ2v) is 7.16. The van der Waals surface area contributed by atoms with Crippen molar-refractivity contribution >= 4 is 11.4 Å². The molecule has 6 heteroatoms. The molecular weight excluding hydrogens is 350 g/mol. The Kier molecular flexibility index (Phi) is 4.16. The summed E-state index contributed by atoms with van der Waals surface area (Å²) in [5, 5.41) is 0. The van der Waals surface area contributed by atoms with Crippen molar-refractivity contribution in [2.24, 2.45) is 0 Å². The fourth-order valence-corrected chi connectivity index (χ4v) is 3.80. The highest BCUT2D eigenvalue weighted by atomic mass is 16.2. The average molecular weight is 371 g/mol. The molecule has 0 saturated carbocycles. The molecule has 6 nitrogen and oxygen atoms in total. The average Bonchev–Trinajstić information content (AvgIpc) is 3.48. The molecule has 4 aromatic rings. The summed E-state index contributed by atoms with van der Waals surface area (Å²) in [5.74, 6) is 0.709. The van der Waals surface area contributed by atoms with Crippen LogP contribution in [-0.4, -0.2) is 42.8 Å². The third-order valence-corrected chi connectivity index (χ3v) is 5.21. The van der Waals surface area contributed by atoms with Crippen LogP contribution in [0.25, 0.3) is 17.0 Å². The van der Waals surface area contributed by atoms with E-state index in [1.807, 2.05) is 69.0 Å². The lowest BCUT2D eigenvalue weighted by molar-refractivity contribution is 0.0789. The SMILES string of the molecule is O=C(c1nc(-c2cn(Cc3ccccc3)cn2)n2ccccc12)N1CCCC1. The van der Waals surface area contributed by atoms with E-state index in [1.54, 1.807) is 0 Å². The smallest absolute Gasteiger partial charge is 0.274 e. The molecule has 0 unspecified atom stereocenters. The highest BCUT2D eigenvalue weighted by molar-refractivity contribution is 6.00. The van der Waals surface area contributed by atoms with E-state index in [0.29, 0.717) is 11.5 Å². The first kappa shape index (κ1) is 16.7. The number of imidazole rings is 2. The molecule has 0 spiro atoms. The summed E-state index contributed by atoms with van der Waals surface area (Å²) in [6.45, 7) is 2.37. The van der Waals surface area contributed by atoms with Crippen molar-refractivity contribution in [1.82, 2.24) is 23.8 Å². The molecule has 0 aliphatic carbocycles. The van der Waals surface area contributed by atoms with Crippen LogP contribution in [0.2, 0.25) is 0 Å². The van der Waals surface area contributed by atoms with Gasteiger partial charge in [0.15, 0.2) is 11.5 Å². The van der Waals surface area contributed by atoms with Gasteiger partial charge in [-0.05, 0) is 30.5 Å². The van der Waals surface area contributed by atoms with Gasteiger partial charge in [-0.1, -0.05) is 36.4 Å². The van der Waals surface area contributed by atoms with Crippen molar-refractivity contribution in [3.05, 3.63) is 78.5 Å². The van der Waals surface area contributed by atoms with E-state index >= 15 is 0 Å². The van der Waals surface area contributed by atoms with Crippen molar-refractivity contribution in [3.8, 4) is 11.5 Å². The van der Waals surface area contributed by atoms with Gasteiger partial charge in [0, 0.05) is 32.0 Å². The van der Waals surface area contributed by atoms with Gasteiger partial charge in [-0.25, -0.2) is 9.97 Å². The molecular formula is C22H21N5O. The van der Waals surface area contributed by atoms with Crippen molar-refractivity contribution in [1.29, 1.82) is 0 Å². The summed E-state index contributed by atoms with van der Waals surface area (Å²) in [6.07, 6.45) is 7.87. The minimum atomic E-state index is 0.0103. The topological polar surface area (TPSA) is 55.4 Å². The molecule has 1 aliphatic heterocycles. The predicted octanol–water partition coefficient (Wildman–Crippen LogP) is 3.48. The maximum absolute atomic E-state index is 13.0. The van der Waals surface area contributed by atoms with Crippen LogP contribution in [0.4, 0.5) is 0 Å². The van der Waals surface area contributed by atoms with Crippen LogP contribution < -0.4 is 0 Å². The van der Waals surface area contributed by atoms with Gasteiger partial charge in [-0.2, -0.15) is 0 Å². The van der Waals surface area contributed by atoms with Crippen LogP contribution in [0.3, 0.4) is 0 Å². The molecule has 1 amide bonds. The molecule has 3 aromatic heterocycles. The number of benzene rings is 1. The molecule has 0 atom stereocenters. The molecule has 0 bridgehead atoms. The molecule has 28 heavy (non-hydrogen) atoms. The second kappa shape index (κ2) is 6.96. The summed E-state index contributed by atoms with van der Waals surface area (Å²) >= 11 is 0. The fourth-order valence-electron chi connectivity index (χ4n) is 3.80. The first-order chi connectivity index (χ1) is 13.8. The quantitative estimate of drug-likeness (QED) is 0.552. The zero-order chi connectivity index (χ0) is 18.9. The van der Waals surface area contributed by atoms with Gasteiger partial charge in [0.2, 0.25) is 0 Å².